The van der Waals surface area contributed by atoms with Crippen molar-refractivity contribution in [1.82, 2.24) is 9.88 Å². The van der Waals surface area contributed by atoms with Crippen molar-refractivity contribution < 1.29 is 4.79 Å². The van der Waals surface area contributed by atoms with Crippen LogP contribution in [0.25, 0.3) is 0 Å². The van der Waals surface area contributed by atoms with E-state index < -0.39 is 0 Å². The van der Waals surface area contributed by atoms with Gasteiger partial charge in [0.15, 0.2) is 0 Å². The van der Waals surface area contributed by atoms with Crippen LogP contribution < -0.4 is 10.2 Å². The molecule has 6 heteroatoms. The Hall–Kier alpha value is -2.27. The molecule has 1 saturated heterocycles. The Morgan fingerprint density at radius 3 is 2.56 bits per heavy atom. The first-order valence-corrected chi connectivity index (χ1v) is 9.09. The second kappa shape index (κ2) is 6.92. The summed E-state index contributed by atoms with van der Waals surface area (Å²) in [6.45, 7) is 2.98. The third kappa shape index (κ3) is 3.87. The van der Waals surface area contributed by atoms with Crippen molar-refractivity contribution in [1.29, 1.82) is 0 Å². The molecule has 25 heavy (non-hydrogen) atoms. The maximum absolute atomic E-state index is 12.6. The monoisotopic (exact) mass is 356 g/mol. The van der Waals surface area contributed by atoms with Crippen LogP contribution in [-0.2, 0) is 0 Å². The van der Waals surface area contributed by atoms with Crippen molar-refractivity contribution >= 4 is 28.9 Å². The van der Waals surface area contributed by atoms with Crippen LogP contribution in [0.4, 0.5) is 11.4 Å². The average molecular weight is 357 g/mol. The molecule has 2 aromatic rings. The number of halogens is 1. The van der Waals surface area contributed by atoms with E-state index in [9.17, 15) is 4.79 Å². The first kappa shape index (κ1) is 16.2. The third-order valence-corrected chi connectivity index (χ3v) is 4.91. The molecule has 0 unspecified atom stereocenters. The molecule has 0 bridgehead atoms. The van der Waals surface area contributed by atoms with Crippen molar-refractivity contribution in [3.8, 4) is 0 Å². The molecule has 0 spiro atoms. The van der Waals surface area contributed by atoms with Gasteiger partial charge in [0.05, 0.1) is 11.9 Å². The second-order valence-electron chi connectivity index (χ2n) is 6.61. The van der Waals surface area contributed by atoms with Gasteiger partial charge in [-0.3, -0.25) is 4.79 Å². The van der Waals surface area contributed by atoms with Gasteiger partial charge >= 0.3 is 0 Å². The van der Waals surface area contributed by atoms with Crippen LogP contribution in [0.15, 0.2) is 42.6 Å². The van der Waals surface area contributed by atoms with E-state index in [-0.39, 0.29) is 5.91 Å². The smallest absolute Gasteiger partial charge is 0.272 e. The van der Waals surface area contributed by atoms with Crippen LogP contribution in [0.1, 0.15) is 23.3 Å². The van der Waals surface area contributed by atoms with Crippen LogP contribution in [-0.4, -0.2) is 48.0 Å². The van der Waals surface area contributed by atoms with Crippen LogP contribution in [0, 0.1) is 0 Å². The fourth-order valence-corrected chi connectivity index (χ4v) is 3.26. The van der Waals surface area contributed by atoms with Gasteiger partial charge in [0.2, 0.25) is 0 Å². The van der Waals surface area contributed by atoms with E-state index >= 15 is 0 Å². The molecule has 4 rings (SSSR count). The maximum atomic E-state index is 12.6. The molecule has 2 heterocycles. The molecule has 2 aliphatic rings. The van der Waals surface area contributed by atoms with E-state index in [1.54, 1.807) is 6.20 Å². The molecular formula is C19H21ClN4O. The Labute approximate surface area is 152 Å². The highest BCUT2D eigenvalue weighted by Crippen LogP contribution is 2.24. The largest absolute Gasteiger partial charge is 0.381 e. The van der Waals surface area contributed by atoms with E-state index in [2.05, 4.69) is 21.3 Å². The average Bonchev–Trinajstić information content (AvgIpc) is 3.46. The number of anilines is 2. The van der Waals surface area contributed by atoms with E-state index in [1.807, 2.05) is 35.2 Å². The molecular weight excluding hydrogens is 336 g/mol. The minimum Gasteiger partial charge on any atom is -0.381 e. The van der Waals surface area contributed by atoms with E-state index in [4.69, 9.17) is 11.6 Å². The number of nitrogens with zero attached hydrogens (tertiary/aromatic N) is 3. The van der Waals surface area contributed by atoms with Gasteiger partial charge in [-0.1, -0.05) is 17.7 Å². The SMILES string of the molecule is O=C(c1ccc(NC2CC2)cn1)N1CCN(c2cccc(Cl)c2)CC1. The predicted molar refractivity (Wildman–Crippen MR) is 100 cm³/mol. The zero-order chi connectivity index (χ0) is 17.2. The number of carbonyl (C=O) groups is 1. The lowest BCUT2D eigenvalue weighted by Gasteiger charge is -2.36. The van der Waals surface area contributed by atoms with E-state index in [1.165, 1.54) is 12.8 Å². The Morgan fingerprint density at radius 2 is 1.92 bits per heavy atom. The highest BCUT2D eigenvalue weighted by molar-refractivity contribution is 6.30. The van der Waals surface area contributed by atoms with Crippen LogP contribution >= 0.6 is 11.6 Å². The number of rotatable bonds is 4. The topological polar surface area (TPSA) is 48.5 Å². The maximum Gasteiger partial charge on any atom is 0.272 e. The molecule has 2 fully saturated rings. The van der Waals surface area contributed by atoms with Gasteiger partial charge in [-0.2, -0.15) is 0 Å². The summed E-state index contributed by atoms with van der Waals surface area (Å²) >= 11 is 6.07. The van der Waals surface area contributed by atoms with Crippen LogP contribution in [0.5, 0.6) is 0 Å². The Balaban J connectivity index is 1.35. The number of hydrogen-bond acceptors (Lipinski definition) is 4. The van der Waals surface area contributed by atoms with Gasteiger partial charge in [0.1, 0.15) is 5.69 Å². The number of pyridine rings is 1. The quantitative estimate of drug-likeness (QED) is 0.913. The summed E-state index contributed by atoms with van der Waals surface area (Å²) in [6, 6.07) is 12.2. The van der Waals surface area contributed by atoms with Crippen molar-refractivity contribution in [2.75, 3.05) is 36.4 Å². The van der Waals surface area contributed by atoms with Gasteiger partial charge in [0, 0.05) is 42.9 Å². The van der Waals surface area contributed by atoms with Crippen molar-refractivity contribution in [2.45, 2.75) is 18.9 Å². The van der Waals surface area contributed by atoms with E-state index in [0.29, 0.717) is 24.8 Å². The first-order valence-electron chi connectivity index (χ1n) is 8.71. The molecule has 1 aromatic carbocycles. The lowest BCUT2D eigenvalue weighted by molar-refractivity contribution is 0.0741. The Kier molecular flexibility index (Phi) is 4.49. The molecule has 130 valence electrons. The highest BCUT2D eigenvalue weighted by Gasteiger charge is 2.24. The summed E-state index contributed by atoms with van der Waals surface area (Å²) in [7, 11) is 0. The zero-order valence-electron chi connectivity index (χ0n) is 14.0. The highest BCUT2D eigenvalue weighted by atomic mass is 35.5. The molecule has 5 nitrogen and oxygen atoms in total. The molecule has 1 amide bonds. The molecule has 1 aliphatic carbocycles. The van der Waals surface area contributed by atoms with Gasteiger partial charge in [0.25, 0.3) is 5.91 Å². The number of hydrogen-bond donors (Lipinski definition) is 1. The summed E-state index contributed by atoms with van der Waals surface area (Å²) in [4.78, 5) is 21.1. The normalized spacial score (nSPS) is 17.5. The van der Waals surface area contributed by atoms with Crippen LogP contribution in [0.2, 0.25) is 5.02 Å². The number of piperazine rings is 1. The van der Waals surface area contributed by atoms with Crippen LogP contribution in [0.3, 0.4) is 0 Å². The molecule has 0 radical (unpaired) electrons. The lowest BCUT2D eigenvalue weighted by atomic mass is 10.2. The van der Waals surface area contributed by atoms with Crippen molar-refractivity contribution in [2.24, 2.45) is 0 Å². The minimum absolute atomic E-state index is 0.00344. The zero-order valence-corrected chi connectivity index (χ0v) is 14.7. The molecule has 1 saturated carbocycles. The summed E-state index contributed by atoms with van der Waals surface area (Å²) in [5.74, 6) is 0.00344. The van der Waals surface area contributed by atoms with Gasteiger partial charge in [-0.15, -0.1) is 0 Å². The van der Waals surface area contributed by atoms with Crippen molar-refractivity contribution in [3.05, 3.63) is 53.3 Å². The van der Waals surface area contributed by atoms with Gasteiger partial charge in [-0.05, 0) is 43.2 Å². The van der Waals surface area contributed by atoms with Gasteiger partial charge in [-0.25, -0.2) is 4.98 Å². The summed E-state index contributed by atoms with van der Waals surface area (Å²) in [5.41, 5.74) is 2.61. The fourth-order valence-electron chi connectivity index (χ4n) is 3.07. The summed E-state index contributed by atoms with van der Waals surface area (Å²) in [5, 5.41) is 4.12. The summed E-state index contributed by atoms with van der Waals surface area (Å²) < 4.78 is 0. The number of carbonyl (C=O) groups excluding carboxylic acids is 1. The number of nitrogens with one attached hydrogen (secondary N) is 1. The third-order valence-electron chi connectivity index (χ3n) is 4.67. The van der Waals surface area contributed by atoms with Crippen molar-refractivity contribution in [3.63, 3.8) is 0 Å². The molecule has 1 aromatic heterocycles. The van der Waals surface area contributed by atoms with E-state index in [0.717, 1.165) is 29.5 Å². The number of benzene rings is 1. The fraction of sp³-hybridized carbons (Fsp3) is 0.368. The number of aromatic nitrogens is 1. The predicted octanol–water partition coefficient (Wildman–Crippen LogP) is 3.27. The minimum atomic E-state index is 0.00344. The molecule has 1 N–H and O–H groups in total. The summed E-state index contributed by atoms with van der Waals surface area (Å²) in [6.07, 6.45) is 4.20. The molecule has 0 atom stereocenters. The standard InChI is InChI=1S/C19H21ClN4O/c20-14-2-1-3-17(12-14)23-8-10-24(11-9-23)19(25)18-7-6-16(13-21-18)22-15-4-5-15/h1-3,6-7,12-13,15,22H,4-5,8-11H2. The Morgan fingerprint density at radius 1 is 1.12 bits per heavy atom. The van der Waals surface area contributed by atoms with Gasteiger partial charge < -0.3 is 15.1 Å². The Bertz CT molecular complexity index is 752. The lowest BCUT2D eigenvalue weighted by Crippen LogP contribution is -2.49. The first-order chi connectivity index (χ1) is 12.2. The second-order valence-corrected chi connectivity index (χ2v) is 7.05. The molecule has 1 aliphatic heterocycles. The number of amides is 1.